The van der Waals surface area contributed by atoms with Gasteiger partial charge in [0.25, 0.3) is 0 Å². The lowest BCUT2D eigenvalue weighted by Gasteiger charge is -2.43. The topological polar surface area (TPSA) is 27.0 Å². The van der Waals surface area contributed by atoms with Crippen molar-refractivity contribution in [2.45, 2.75) is 62.8 Å². The molecule has 1 aliphatic heterocycles. The quantitative estimate of drug-likeness (QED) is 0.799. The summed E-state index contributed by atoms with van der Waals surface area (Å²) in [5.74, 6) is 0.652. The predicted molar refractivity (Wildman–Crippen MR) is 86.0 cm³/mol. The highest BCUT2D eigenvalue weighted by Gasteiger charge is 2.40. The van der Waals surface area contributed by atoms with Gasteiger partial charge in [-0.1, -0.05) is 43.2 Å². The molecule has 1 saturated carbocycles. The first-order valence-electron chi connectivity index (χ1n) is 8.55. The fourth-order valence-electron chi connectivity index (χ4n) is 4.15. The van der Waals surface area contributed by atoms with E-state index in [4.69, 9.17) is 0 Å². The molecule has 112 valence electrons. The van der Waals surface area contributed by atoms with Crippen LogP contribution >= 0.6 is 0 Å². The number of nitriles is 1. The summed E-state index contributed by atoms with van der Waals surface area (Å²) in [4.78, 5) is 2.52. The molecule has 0 N–H and O–H groups in total. The Hall–Kier alpha value is -1.33. The maximum Gasteiger partial charge on any atom is 0.109 e. The van der Waals surface area contributed by atoms with Gasteiger partial charge < -0.3 is 0 Å². The molecule has 2 aliphatic rings. The highest BCUT2D eigenvalue weighted by atomic mass is 15.2. The molecule has 1 aromatic carbocycles. The normalized spacial score (nSPS) is 31.3. The molecule has 1 heterocycles. The zero-order valence-corrected chi connectivity index (χ0v) is 12.9. The Labute approximate surface area is 128 Å². The van der Waals surface area contributed by atoms with E-state index >= 15 is 0 Å². The molecule has 1 saturated heterocycles. The Morgan fingerprint density at radius 2 is 1.57 bits per heavy atom. The van der Waals surface area contributed by atoms with Gasteiger partial charge in [0.15, 0.2) is 0 Å². The summed E-state index contributed by atoms with van der Waals surface area (Å²) < 4.78 is 0. The lowest BCUT2D eigenvalue weighted by molar-refractivity contribution is 0.0953. The van der Waals surface area contributed by atoms with E-state index in [0.717, 1.165) is 38.8 Å². The smallest absolute Gasteiger partial charge is 0.109 e. The van der Waals surface area contributed by atoms with Crippen molar-refractivity contribution in [3.63, 3.8) is 0 Å². The lowest BCUT2D eigenvalue weighted by Crippen LogP contribution is -2.50. The highest BCUT2D eigenvalue weighted by molar-refractivity contribution is 5.22. The number of hydrogen-bond donors (Lipinski definition) is 0. The Balaban J connectivity index is 1.68. The first kappa shape index (κ1) is 14.6. The van der Waals surface area contributed by atoms with Gasteiger partial charge in [-0.25, -0.2) is 0 Å². The third kappa shape index (κ3) is 3.14. The van der Waals surface area contributed by atoms with Crippen LogP contribution in [0.15, 0.2) is 30.3 Å². The van der Waals surface area contributed by atoms with Crippen LogP contribution in [0.25, 0.3) is 0 Å². The molecular weight excluding hydrogens is 256 g/mol. The van der Waals surface area contributed by atoms with Gasteiger partial charge >= 0.3 is 0 Å². The zero-order valence-electron chi connectivity index (χ0n) is 12.9. The van der Waals surface area contributed by atoms with E-state index in [1.807, 2.05) is 0 Å². The van der Waals surface area contributed by atoms with Crippen molar-refractivity contribution in [3.8, 4) is 6.07 Å². The Kier molecular flexibility index (Phi) is 4.60. The van der Waals surface area contributed by atoms with Crippen molar-refractivity contribution in [2.24, 2.45) is 0 Å². The van der Waals surface area contributed by atoms with Crippen LogP contribution in [0.1, 0.15) is 62.8 Å². The fourth-order valence-corrected chi connectivity index (χ4v) is 4.15. The van der Waals surface area contributed by atoms with Crippen molar-refractivity contribution in [2.75, 3.05) is 13.1 Å². The third-order valence-electron chi connectivity index (χ3n) is 5.50. The van der Waals surface area contributed by atoms with Crippen LogP contribution in [-0.4, -0.2) is 23.5 Å². The molecule has 0 unspecified atom stereocenters. The largest absolute Gasteiger partial charge is 0.286 e. The second-order valence-electron chi connectivity index (χ2n) is 6.73. The van der Waals surface area contributed by atoms with E-state index < -0.39 is 0 Å². The van der Waals surface area contributed by atoms with Crippen LogP contribution in [0, 0.1) is 11.3 Å². The lowest BCUT2D eigenvalue weighted by atomic mass is 9.74. The second kappa shape index (κ2) is 6.62. The molecule has 1 aliphatic carbocycles. The van der Waals surface area contributed by atoms with Gasteiger partial charge in [0.2, 0.25) is 0 Å². The number of hydrogen-bond acceptors (Lipinski definition) is 2. The molecule has 0 bridgehead atoms. The summed E-state index contributed by atoms with van der Waals surface area (Å²) in [6, 6.07) is 13.6. The molecule has 2 fully saturated rings. The van der Waals surface area contributed by atoms with E-state index in [2.05, 4.69) is 41.3 Å². The first-order chi connectivity index (χ1) is 10.3. The van der Waals surface area contributed by atoms with Crippen molar-refractivity contribution < 1.29 is 0 Å². The Bertz CT molecular complexity index is 472. The molecule has 1 aromatic rings. The Morgan fingerprint density at radius 1 is 0.952 bits per heavy atom. The van der Waals surface area contributed by atoms with Crippen molar-refractivity contribution >= 4 is 0 Å². The van der Waals surface area contributed by atoms with Gasteiger partial charge in [-0.15, -0.1) is 0 Å². The maximum absolute atomic E-state index is 9.85. The molecule has 21 heavy (non-hydrogen) atoms. The summed E-state index contributed by atoms with van der Waals surface area (Å²) in [5.41, 5.74) is 1.29. The molecule has 0 amide bonds. The standard InChI is InChI=1S/C19H26N2/c20-16-19(21-14-6-1-2-7-15-21)12-10-18(11-13-19)17-8-4-3-5-9-17/h3-5,8-9,18H,1-2,6-7,10-15H2. The zero-order chi connectivity index (χ0) is 14.5. The highest BCUT2D eigenvalue weighted by Crippen LogP contribution is 2.41. The average molecular weight is 282 g/mol. The summed E-state index contributed by atoms with van der Waals surface area (Å²) >= 11 is 0. The van der Waals surface area contributed by atoms with Crippen LogP contribution in [0.3, 0.4) is 0 Å². The van der Waals surface area contributed by atoms with Gasteiger partial charge in [0.1, 0.15) is 5.54 Å². The number of nitrogens with zero attached hydrogens (tertiary/aromatic N) is 2. The Morgan fingerprint density at radius 3 is 2.14 bits per heavy atom. The maximum atomic E-state index is 9.85. The van der Waals surface area contributed by atoms with Gasteiger partial charge in [-0.05, 0) is 63.1 Å². The number of likely N-dealkylation sites (tertiary alicyclic amines) is 1. The minimum atomic E-state index is -0.171. The molecule has 0 aromatic heterocycles. The van der Waals surface area contributed by atoms with Crippen molar-refractivity contribution in [3.05, 3.63) is 35.9 Å². The van der Waals surface area contributed by atoms with Crippen molar-refractivity contribution in [1.29, 1.82) is 5.26 Å². The van der Waals surface area contributed by atoms with E-state index in [0.29, 0.717) is 5.92 Å². The average Bonchev–Trinajstić information content (AvgIpc) is 2.85. The minimum Gasteiger partial charge on any atom is -0.286 e. The molecule has 2 nitrogen and oxygen atoms in total. The fraction of sp³-hybridized carbons (Fsp3) is 0.632. The van der Waals surface area contributed by atoms with Crippen molar-refractivity contribution in [1.82, 2.24) is 4.90 Å². The van der Waals surface area contributed by atoms with E-state index in [1.54, 1.807) is 0 Å². The molecule has 0 spiro atoms. The van der Waals surface area contributed by atoms with Crippen LogP contribution in [0.5, 0.6) is 0 Å². The second-order valence-corrected chi connectivity index (χ2v) is 6.73. The molecule has 0 radical (unpaired) electrons. The molecule has 3 rings (SSSR count). The van der Waals surface area contributed by atoms with Crippen LogP contribution < -0.4 is 0 Å². The molecule has 2 heteroatoms. The van der Waals surface area contributed by atoms with Crippen LogP contribution in [0.4, 0.5) is 0 Å². The van der Waals surface area contributed by atoms with Crippen LogP contribution in [0.2, 0.25) is 0 Å². The summed E-state index contributed by atoms with van der Waals surface area (Å²) in [6.07, 6.45) is 9.63. The number of benzene rings is 1. The van der Waals surface area contributed by atoms with Gasteiger partial charge in [-0.2, -0.15) is 5.26 Å². The minimum absolute atomic E-state index is 0.171. The first-order valence-corrected chi connectivity index (χ1v) is 8.55. The summed E-state index contributed by atoms with van der Waals surface area (Å²) in [7, 11) is 0. The molecular formula is C19H26N2. The van der Waals surface area contributed by atoms with E-state index in [-0.39, 0.29) is 5.54 Å². The monoisotopic (exact) mass is 282 g/mol. The number of rotatable bonds is 2. The van der Waals surface area contributed by atoms with E-state index in [9.17, 15) is 5.26 Å². The van der Waals surface area contributed by atoms with E-state index in [1.165, 1.54) is 31.2 Å². The summed E-state index contributed by atoms with van der Waals surface area (Å²) in [6.45, 7) is 2.26. The van der Waals surface area contributed by atoms with Gasteiger partial charge in [-0.3, -0.25) is 4.90 Å². The third-order valence-corrected chi connectivity index (χ3v) is 5.50. The summed E-state index contributed by atoms with van der Waals surface area (Å²) in [5, 5.41) is 9.85. The van der Waals surface area contributed by atoms with Gasteiger partial charge in [0.05, 0.1) is 6.07 Å². The predicted octanol–water partition coefficient (Wildman–Crippen LogP) is 4.48. The SMILES string of the molecule is N#CC1(N2CCCCCC2)CCC(c2ccccc2)CC1. The van der Waals surface area contributed by atoms with Gasteiger partial charge in [0, 0.05) is 0 Å². The van der Waals surface area contributed by atoms with Crippen LogP contribution in [-0.2, 0) is 0 Å². The molecule has 0 atom stereocenters.